The molecule has 2 aromatic carbocycles. The largest absolute Gasteiger partial charge is 0.354 e. The second-order valence-electron chi connectivity index (χ2n) is 8.34. The zero-order valence-electron chi connectivity index (χ0n) is 19.6. The Morgan fingerprint density at radius 1 is 1.00 bits per heavy atom. The normalized spacial score (nSPS) is 13.6. The summed E-state index contributed by atoms with van der Waals surface area (Å²) in [7, 11) is 0. The molecule has 7 nitrogen and oxygen atoms in total. The van der Waals surface area contributed by atoms with Gasteiger partial charge in [0.1, 0.15) is 6.04 Å². The molecule has 1 aliphatic rings. The SMILES string of the molecule is CCCCNC(=O)C(C)N(Cc1ccccc1Cl)C(=O)CCCN1C(=O)c2ccccc2C1=O. The predicted octanol–water partition coefficient (Wildman–Crippen LogP) is 4.05. The van der Waals surface area contributed by atoms with Crippen LogP contribution in [0.2, 0.25) is 5.02 Å². The zero-order chi connectivity index (χ0) is 24.7. The van der Waals surface area contributed by atoms with E-state index in [0.717, 1.165) is 18.4 Å². The summed E-state index contributed by atoms with van der Waals surface area (Å²) < 4.78 is 0. The van der Waals surface area contributed by atoms with Crippen LogP contribution in [0.3, 0.4) is 0 Å². The van der Waals surface area contributed by atoms with Gasteiger partial charge in [0.05, 0.1) is 11.1 Å². The maximum atomic E-state index is 13.2. The summed E-state index contributed by atoms with van der Waals surface area (Å²) in [6.07, 6.45) is 2.20. The van der Waals surface area contributed by atoms with Gasteiger partial charge in [-0.25, -0.2) is 0 Å². The smallest absolute Gasteiger partial charge is 0.261 e. The minimum Gasteiger partial charge on any atom is -0.354 e. The summed E-state index contributed by atoms with van der Waals surface area (Å²) in [4.78, 5) is 53.7. The summed E-state index contributed by atoms with van der Waals surface area (Å²) in [6, 6.07) is 13.2. The molecule has 0 saturated heterocycles. The fourth-order valence-corrected chi connectivity index (χ4v) is 4.10. The van der Waals surface area contributed by atoms with Crippen LogP contribution in [0.1, 0.15) is 65.8 Å². The third-order valence-corrected chi connectivity index (χ3v) is 6.31. The van der Waals surface area contributed by atoms with Gasteiger partial charge in [-0.3, -0.25) is 24.1 Å². The quantitative estimate of drug-likeness (QED) is 0.386. The van der Waals surface area contributed by atoms with Crippen molar-refractivity contribution in [3.05, 3.63) is 70.2 Å². The van der Waals surface area contributed by atoms with Gasteiger partial charge < -0.3 is 10.2 Å². The number of hydrogen-bond acceptors (Lipinski definition) is 4. The van der Waals surface area contributed by atoms with Crippen molar-refractivity contribution < 1.29 is 19.2 Å². The van der Waals surface area contributed by atoms with Gasteiger partial charge in [0.15, 0.2) is 0 Å². The Balaban J connectivity index is 1.66. The fourth-order valence-electron chi connectivity index (χ4n) is 3.90. The lowest BCUT2D eigenvalue weighted by Gasteiger charge is -2.29. The number of rotatable bonds is 11. The van der Waals surface area contributed by atoms with Crippen LogP contribution in [0, 0.1) is 0 Å². The van der Waals surface area contributed by atoms with Crippen molar-refractivity contribution in [3.63, 3.8) is 0 Å². The lowest BCUT2D eigenvalue weighted by atomic mass is 10.1. The highest BCUT2D eigenvalue weighted by atomic mass is 35.5. The Morgan fingerprint density at radius 2 is 1.62 bits per heavy atom. The first-order valence-corrected chi connectivity index (χ1v) is 12.0. The average molecular weight is 484 g/mol. The van der Waals surface area contributed by atoms with Crippen LogP contribution < -0.4 is 5.32 Å². The molecule has 4 amide bonds. The highest BCUT2D eigenvalue weighted by molar-refractivity contribution is 6.31. The van der Waals surface area contributed by atoms with E-state index < -0.39 is 6.04 Å². The lowest BCUT2D eigenvalue weighted by Crippen LogP contribution is -2.48. The van der Waals surface area contributed by atoms with E-state index in [-0.39, 0.29) is 43.1 Å². The second-order valence-corrected chi connectivity index (χ2v) is 8.75. The first-order valence-electron chi connectivity index (χ1n) is 11.6. The number of carbonyl (C=O) groups is 4. The van der Waals surface area contributed by atoms with Gasteiger partial charge in [-0.15, -0.1) is 0 Å². The molecule has 1 heterocycles. The van der Waals surface area contributed by atoms with Gasteiger partial charge in [-0.05, 0) is 43.5 Å². The summed E-state index contributed by atoms with van der Waals surface area (Å²) in [5.41, 5.74) is 1.51. The molecular weight excluding hydrogens is 454 g/mol. The number of amides is 4. The van der Waals surface area contributed by atoms with Crippen molar-refractivity contribution in [1.82, 2.24) is 15.1 Å². The van der Waals surface area contributed by atoms with Gasteiger partial charge in [0.2, 0.25) is 11.8 Å². The van der Waals surface area contributed by atoms with E-state index in [4.69, 9.17) is 11.6 Å². The number of nitrogens with zero attached hydrogens (tertiary/aromatic N) is 2. The maximum Gasteiger partial charge on any atom is 0.261 e. The number of carbonyl (C=O) groups excluding carboxylic acids is 4. The molecule has 0 radical (unpaired) electrons. The molecule has 1 atom stereocenters. The molecular formula is C26H30ClN3O4. The average Bonchev–Trinajstić information content (AvgIpc) is 3.08. The maximum absolute atomic E-state index is 13.2. The van der Waals surface area contributed by atoms with Crippen LogP contribution in [-0.4, -0.2) is 52.6 Å². The number of hydrogen-bond donors (Lipinski definition) is 1. The summed E-state index contributed by atoms with van der Waals surface area (Å²) in [5, 5.41) is 3.40. The molecule has 1 N–H and O–H groups in total. The molecule has 8 heteroatoms. The molecule has 0 fully saturated rings. The summed E-state index contributed by atoms with van der Waals surface area (Å²) >= 11 is 6.31. The minimum absolute atomic E-state index is 0.0877. The topological polar surface area (TPSA) is 86.8 Å². The highest BCUT2D eigenvalue weighted by Crippen LogP contribution is 2.23. The molecule has 1 aliphatic heterocycles. The number of unbranched alkanes of at least 4 members (excludes halogenated alkanes) is 1. The van der Waals surface area contributed by atoms with Gasteiger partial charge in [0.25, 0.3) is 11.8 Å². The van der Waals surface area contributed by atoms with E-state index in [9.17, 15) is 19.2 Å². The molecule has 0 bridgehead atoms. The molecule has 0 aromatic heterocycles. The first-order chi connectivity index (χ1) is 16.3. The van der Waals surface area contributed by atoms with Crippen LogP contribution in [0.4, 0.5) is 0 Å². The lowest BCUT2D eigenvalue weighted by molar-refractivity contribution is -0.140. The Morgan fingerprint density at radius 3 is 2.24 bits per heavy atom. The van der Waals surface area contributed by atoms with E-state index in [2.05, 4.69) is 5.32 Å². The standard InChI is InChI=1S/C26H30ClN3O4/c1-3-4-15-28-24(32)18(2)30(17-19-10-5-8-13-22(19)27)23(31)14-9-16-29-25(33)20-11-6-7-12-21(20)26(29)34/h5-8,10-13,18H,3-4,9,14-17H2,1-2H3,(H,28,32). The van der Waals surface area contributed by atoms with E-state index in [0.29, 0.717) is 29.1 Å². The summed E-state index contributed by atoms with van der Waals surface area (Å²) in [5.74, 6) is -1.15. The first kappa shape index (κ1) is 25.4. The molecule has 0 saturated carbocycles. The van der Waals surface area contributed by atoms with Gasteiger partial charge in [-0.1, -0.05) is 55.3 Å². The second kappa shape index (κ2) is 11.8. The predicted molar refractivity (Wildman–Crippen MR) is 130 cm³/mol. The Kier molecular flexibility index (Phi) is 8.82. The number of halogens is 1. The number of imide groups is 1. The number of benzene rings is 2. The number of fused-ring (bicyclic) bond motifs is 1. The molecule has 0 spiro atoms. The van der Waals surface area contributed by atoms with Crippen LogP contribution in [0.5, 0.6) is 0 Å². The van der Waals surface area contributed by atoms with Gasteiger partial charge in [-0.2, -0.15) is 0 Å². The highest BCUT2D eigenvalue weighted by Gasteiger charge is 2.35. The van der Waals surface area contributed by atoms with Crippen LogP contribution in [-0.2, 0) is 16.1 Å². The molecule has 34 heavy (non-hydrogen) atoms. The molecule has 1 unspecified atom stereocenters. The third-order valence-electron chi connectivity index (χ3n) is 5.95. The van der Waals surface area contributed by atoms with Crippen molar-refractivity contribution in [2.75, 3.05) is 13.1 Å². The van der Waals surface area contributed by atoms with E-state index >= 15 is 0 Å². The number of nitrogens with one attached hydrogen (secondary N) is 1. The Labute approximate surface area is 205 Å². The van der Waals surface area contributed by atoms with Crippen molar-refractivity contribution in [2.24, 2.45) is 0 Å². The van der Waals surface area contributed by atoms with E-state index in [1.807, 2.05) is 19.1 Å². The van der Waals surface area contributed by atoms with E-state index in [1.54, 1.807) is 43.3 Å². The van der Waals surface area contributed by atoms with Crippen molar-refractivity contribution in [3.8, 4) is 0 Å². The molecule has 2 aromatic rings. The zero-order valence-corrected chi connectivity index (χ0v) is 20.3. The van der Waals surface area contributed by atoms with Crippen LogP contribution in [0.25, 0.3) is 0 Å². The van der Waals surface area contributed by atoms with Gasteiger partial charge in [0, 0.05) is 31.1 Å². The van der Waals surface area contributed by atoms with Gasteiger partial charge >= 0.3 is 0 Å². The van der Waals surface area contributed by atoms with E-state index in [1.165, 1.54) is 9.80 Å². The molecule has 180 valence electrons. The molecule has 0 aliphatic carbocycles. The van der Waals surface area contributed by atoms with Crippen LogP contribution >= 0.6 is 11.6 Å². The van der Waals surface area contributed by atoms with Crippen molar-refractivity contribution >= 4 is 35.2 Å². The van der Waals surface area contributed by atoms with Crippen molar-refractivity contribution in [1.29, 1.82) is 0 Å². The monoisotopic (exact) mass is 483 g/mol. The molecule has 3 rings (SSSR count). The van der Waals surface area contributed by atoms with Crippen LogP contribution in [0.15, 0.2) is 48.5 Å². The fraction of sp³-hybridized carbons (Fsp3) is 0.385. The minimum atomic E-state index is -0.695. The summed E-state index contributed by atoms with van der Waals surface area (Å²) in [6.45, 7) is 4.61. The Bertz CT molecular complexity index is 1040. The third kappa shape index (κ3) is 5.83. The van der Waals surface area contributed by atoms with Crippen molar-refractivity contribution in [2.45, 2.75) is 52.1 Å². The Hall–Kier alpha value is -3.19.